The molecule has 3 unspecified atom stereocenters. The van der Waals surface area contributed by atoms with Gasteiger partial charge in [-0.05, 0) is 65.1 Å². The predicted octanol–water partition coefficient (Wildman–Crippen LogP) is 19.5. The van der Waals surface area contributed by atoms with Crippen molar-refractivity contribution in [2.24, 2.45) is 39.4 Å². The highest BCUT2D eigenvalue weighted by molar-refractivity contribution is 4.93. The van der Waals surface area contributed by atoms with Crippen LogP contribution in [-0.2, 0) is 0 Å². The summed E-state index contributed by atoms with van der Waals surface area (Å²) < 4.78 is 0. The van der Waals surface area contributed by atoms with Crippen LogP contribution < -0.4 is 0 Å². The van der Waals surface area contributed by atoms with E-state index in [2.05, 4.69) is 90.0 Å². The zero-order valence-corrected chi connectivity index (χ0v) is 39.4. The van der Waals surface area contributed by atoms with Gasteiger partial charge in [0.2, 0.25) is 0 Å². The van der Waals surface area contributed by atoms with E-state index in [0.717, 1.165) is 17.8 Å². The predicted molar refractivity (Wildman–Crippen MR) is 242 cm³/mol. The Labute approximate surface area is 333 Å². The quantitative estimate of drug-likeness (QED) is 0.0570. The van der Waals surface area contributed by atoms with Crippen LogP contribution in [-0.4, -0.2) is 0 Å². The van der Waals surface area contributed by atoms with Crippen LogP contribution in [0.25, 0.3) is 0 Å². The molecule has 0 heterocycles. The number of hydrogen-bond acceptors (Lipinski definition) is 0. The molecule has 0 aromatic heterocycles. The van der Waals surface area contributed by atoms with Gasteiger partial charge in [0.05, 0.1) is 0 Å². The molecule has 52 heavy (non-hydrogen) atoms. The van der Waals surface area contributed by atoms with E-state index in [4.69, 9.17) is 0 Å². The van der Waals surface area contributed by atoms with E-state index in [9.17, 15) is 0 Å². The first kappa shape index (κ1) is 52.0. The maximum atomic E-state index is 2.74. The molecule has 0 fully saturated rings. The zero-order chi connectivity index (χ0) is 39.4. The Kier molecular flexibility index (Phi) is 30.2. The van der Waals surface area contributed by atoms with E-state index in [1.165, 1.54) is 205 Å². The third kappa shape index (κ3) is 29.3. The topological polar surface area (TPSA) is 0 Å². The van der Waals surface area contributed by atoms with E-state index in [1.54, 1.807) is 0 Å². The second kappa shape index (κ2) is 30.2. The fraction of sp³-hybridized carbons (Fsp3) is 1.00. The summed E-state index contributed by atoms with van der Waals surface area (Å²) in [7, 11) is 0. The lowest BCUT2D eigenvalue weighted by molar-refractivity contribution is -0.00509. The highest BCUT2D eigenvalue weighted by Crippen LogP contribution is 2.52. The fourth-order valence-electron chi connectivity index (χ4n) is 9.83. The van der Waals surface area contributed by atoms with E-state index >= 15 is 0 Å². The van der Waals surface area contributed by atoms with Crippen LogP contribution in [0.4, 0.5) is 0 Å². The molecule has 0 aliphatic rings. The molecular formula is C52H106. The van der Waals surface area contributed by atoms with Crippen LogP contribution in [0, 0.1) is 39.4 Å². The second-order valence-corrected chi connectivity index (χ2v) is 22.3. The van der Waals surface area contributed by atoms with Gasteiger partial charge in [0.1, 0.15) is 0 Å². The molecule has 0 spiro atoms. The van der Waals surface area contributed by atoms with Crippen molar-refractivity contribution in [3.8, 4) is 0 Å². The molecule has 0 saturated carbocycles. The standard InChI is InChI=1S/C52H106/c1-14-15-16-17-21-31-38-45-52(46(2)39-32-25-18-22-28-35-42-49(5,6)7,47(3)40-33-26-19-23-29-36-43-50(8,9)10)48(4)41-34-27-20-24-30-37-44-51(11,12)13/h46-48H,14-45H2,1-13H3. The Morgan fingerprint density at radius 2 is 0.481 bits per heavy atom. The maximum Gasteiger partial charge on any atom is -0.0220 e. The van der Waals surface area contributed by atoms with Gasteiger partial charge in [0, 0.05) is 0 Å². The number of unbranched alkanes of at least 4 members (excludes halogenated alkanes) is 21. The Morgan fingerprint density at radius 1 is 0.269 bits per heavy atom. The first-order chi connectivity index (χ1) is 24.4. The maximum absolute atomic E-state index is 2.74. The third-order valence-electron chi connectivity index (χ3n) is 13.4. The number of hydrogen-bond donors (Lipinski definition) is 0. The van der Waals surface area contributed by atoms with Crippen molar-refractivity contribution in [1.29, 1.82) is 0 Å². The van der Waals surface area contributed by atoms with Crippen molar-refractivity contribution in [2.45, 2.75) is 295 Å². The SMILES string of the molecule is CCCCCCCCCC(C(C)CCCCCCCCC(C)(C)C)(C(C)CCCCCCCCC(C)(C)C)C(C)CCCCCCCCC(C)(C)C. The van der Waals surface area contributed by atoms with E-state index < -0.39 is 0 Å². The van der Waals surface area contributed by atoms with Crippen LogP contribution >= 0.6 is 0 Å². The fourth-order valence-corrected chi connectivity index (χ4v) is 9.83. The zero-order valence-electron chi connectivity index (χ0n) is 39.4. The highest BCUT2D eigenvalue weighted by atomic mass is 14.5. The van der Waals surface area contributed by atoms with Crippen LogP contribution in [0.1, 0.15) is 295 Å². The van der Waals surface area contributed by atoms with Crippen molar-refractivity contribution < 1.29 is 0 Å². The molecule has 314 valence electrons. The van der Waals surface area contributed by atoms with Gasteiger partial charge in [0.25, 0.3) is 0 Å². The molecule has 0 aromatic carbocycles. The second-order valence-electron chi connectivity index (χ2n) is 22.3. The average molecular weight is 731 g/mol. The van der Waals surface area contributed by atoms with Crippen LogP contribution in [0.15, 0.2) is 0 Å². The molecule has 0 N–H and O–H groups in total. The molecule has 0 saturated heterocycles. The van der Waals surface area contributed by atoms with Crippen molar-refractivity contribution in [3.05, 3.63) is 0 Å². The normalized spacial score (nSPS) is 15.9. The van der Waals surface area contributed by atoms with Gasteiger partial charge >= 0.3 is 0 Å². The Hall–Kier alpha value is 0. The summed E-state index contributed by atoms with van der Waals surface area (Å²) in [4.78, 5) is 0. The lowest BCUT2D eigenvalue weighted by Gasteiger charge is -2.50. The minimum atomic E-state index is 0.500. The Balaban J connectivity index is 5.47. The Morgan fingerprint density at radius 3 is 0.731 bits per heavy atom. The molecule has 0 radical (unpaired) electrons. The molecule has 0 aliphatic heterocycles. The van der Waals surface area contributed by atoms with Gasteiger partial charge in [-0.2, -0.15) is 0 Å². The summed E-state index contributed by atoms with van der Waals surface area (Å²) in [5.74, 6) is 2.56. The van der Waals surface area contributed by atoms with Gasteiger partial charge < -0.3 is 0 Å². The molecule has 0 bridgehead atoms. The number of rotatable bonds is 35. The summed E-state index contributed by atoms with van der Waals surface area (Å²) in [6, 6.07) is 0. The molecule has 0 aromatic rings. The van der Waals surface area contributed by atoms with E-state index in [0.29, 0.717) is 21.7 Å². The minimum absolute atomic E-state index is 0.500. The molecule has 3 atom stereocenters. The van der Waals surface area contributed by atoms with Gasteiger partial charge in [-0.15, -0.1) is 0 Å². The molecule has 0 amide bonds. The molecule has 0 rings (SSSR count). The largest absolute Gasteiger partial charge is 0.0654 e. The van der Waals surface area contributed by atoms with Gasteiger partial charge in [-0.1, -0.05) is 270 Å². The summed E-state index contributed by atoms with van der Waals surface area (Å²) in [5.41, 5.74) is 2.02. The molecular weight excluding hydrogens is 625 g/mol. The smallest absolute Gasteiger partial charge is 0.0220 e. The first-order valence-corrected chi connectivity index (χ1v) is 24.4. The monoisotopic (exact) mass is 731 g/mol. The first-order valence-electron chi connectivity index (χ1n) is 24.4. The Bertz CT molecular complexity index is 664. The average Bonchev–Trinajstić information content (AvgIpc) is 3.04. The van der Waals surface area contributed by atoms with Gasteiger partial charge in [0.15, 0.2) is 0 Å². The highest BCUT2D eigenvalue weighted by Gasteiger charge is 2.44. The summed E-state index contributed by atoms with van der Waals surface area (Å²) >= 11 is 0. The molecule has 0 heteroatoms. The lowest BCUT2D eigenvalue weighted by atomic mass is 9.55. The van der Waals surface area contributed by atoms with Crippen LogP contribution in [0.3, 0.4) is 0 Å². The van der Waals surface area contributed by atoms with Gasteiger partial charge in [-0.25, -0.2) is 0 Å². The summed E-state index contributed by atoms with van der Waals surface area (Å²) in [5, 5.41) is 0. The van der Waals surface area contributed by atoms with Gasteiger partial charge in [-0.3, -0.25) is 0 Å². The minimum Gasteiger partial charge on any atom is -0.0654 e. The van der Waals surface area contributed by atoms with Crippen LogP contribution in [0.5, 0.6) is 0 Å². The lowest BCUT2D eigenvalue weighted by Crippen LogP contribution is -2.42. The van der Waals surface area contributed by atoms with Crippen LogP contribution in [0.2, 0.25) is 0 Å². The van der Waals surface area contributed by atoms with E-state index in [1.807, 2.05) is 0 Å². The van der Waals surface area contributed by atoms with Crippen molar-refractivity contribution >= 4 is 0 Å². The molecule has 0 aliphatic carbocycles. The van der Waals surface area contributed by atoms with Crippen molar-refractivity contribution in [2.75, 3.05) is 0 Å². The van der Waals surface area contributed by atoms with Crippen molar-refractivity contribution in [1.82, 2.24) is 0 Å². The summed E-state index contributed by atoms with van der Waals surface area (Å²) in [6.45, 7) is 32.2. The third-order valence-corrected chi connectivity index (χ3v) is 13.4. The molecule has 0 nitrogen and oxygen atoms in total. The van der Waals surface area contributed by atoms with Crippen molar-refractivity contribution in [3.63, 3.8) is 0 Å². The summed E-state index contributed by atoms with van der Waals surface area (Å²) in [6.07, 6.45) is 46.2. The van der Waals surface area contributed by atoms with E-state index in [-0.39, 0.29) is 0 Å².